The molecule has 2 saturated heterocycles. The molecule has 1 unspecified atom stereocenters. The number of rotatable bonds is 4. The first-order valence-corrected chi connectivity index (χ1v) is 9.44. The fourth-order valence-corrected chi connectivity index (χ4v) is 3.92. The second-order valence-electron chi connectivity index (χ2n) is 7.06. The zero-order chi connectivity index (χ0) is 17.8. The molecule has 2 aliphatic rings. The number of anilines is 1. The Morgan fingerprint density at radius 2 is 1.81 bits per heavy atom. The summed E-state index contributed by atoms with van der Waals surface area (Å²) >= 11 is 0. The van der Waals surface area contributed by atoms with Gasteiger partial charge in [0, 0.05) is 43.6 Å². The van der Waals surface area contributed by atoms with E-state index in [0.717, 1.165) is 51.0 Å². The van der Waals surface area contributed by atoms with Crippen molar-refractivity contribution < 1.29 is 4.79 Å². The lowest BCUT2D eigenvalue weighted by molar-refractivity contribution is 0.0717. The summed E-state index contributed by atoms with van der Waals surface area (Å²) in [4.78, 5) is 23.5. The average molecular weight is 388 g/mol. The number of carbonyl (C=O) groups is 1. The monoisotopic (exact) mass is 387 g/mol. The van der Waals surface area contributed by atoms with Gasteiger partial charge in [0.1, 0.15) is 0 Å². The van der Waals surface area contributed by atoms with Gasteiger partial charge in [0.05, 0.1) is 0 Å². The second-order valence-corrected chi connectivity index (χ2v) is 7.06. The maximum absolute atomic E-state index is 13.1. The van der Waals surface area contributed by atoms with Crippen molar-refractivity contribution in [3.8, 4) is 0 Å². The number of nitrogens with zero attached hydrogens (tertiary/aromatic N) is 3. The van der Waals surface area contributed by atoms with Gasteiger partial charge in [-0.25, -0.2) is 9.97 Å². The largest absolute Gasteiger partial charge is 0.351 e. The Labute approximate surface area is 166 Å². The highest BCUT2D eigenvalue weighted by Crippen LogP contribution is 2.27. The van der Waals surface area contributed by atoms with E-state index in [9.17, 15) is 4.79 Å². The maximum atomic E-state index is 13.1. The molecule has 7 heteroatoms. The molecule has 3 heterocycles. The summed E-state index contributed by atoms with van der Waals surface area (Å²) in [7, 11) is 0. The molecule has 0 aliphatic carbocycles. The van der Waals surface area contributed by atoms with Crippen molar-refractivity contribution in [2.45, 2.75) is 31.2 Å². The van der Waals surface area contributed by atoms with Gasteiger partial charge >= 0.3 is 0 Å². The molecule has 1 aromatic heterocycles. The topological polar surface area (TPSA) is 70.2 Å². The van der Waals surface area contributed by atoms with Gasteiger partial charge in [-0.15, -0.1) is 12.4 Å². The first-order valence-electron chi connectivity index (χ1n) is 9.44. The van der Waals surface area contributed by atoms with E-state index in [1.165, 1.54) is 5.56 Å². The van der Waals surface area contributed by atoms with Gasteiger partial charge in [-0.1, -0.05) is 18.2 Å². The van der Waals surface area contributed by atoms with Crippen LogP contribution < -0.4 is 10.6 Å². The number of hydrogen-bond donors (Lipinski definition) is 2. The normalized spacial score (nSPS) is 20.1. The Kier molecular flexibility index (Phi) is 6.63. The number of carbonyl (C=O) groups excluding carboxylic acids is 1. The number of benzene rings is 1. The molecule has 1 atom stereocenters. The Hall–Kier alpha value is -2.18. The quantitative estimate of drug-likeness (QED) is 0.844. The third-order valence-electron chi connectivity index (χ3n) is 5.37. The lowest BCUT2D eigenvalue weighted by Crippen LogP contribution is -2.43. The van der Waals surface area contributed by atoms with E-state index in [0.29, 0.717) is 17.9 Å². The number of amides is 1. The van der Waals surface area contributed by atoms with Crippen LogP contribution in [-0.4, -0.2) is 53.0 Å². The van der Waals surface area contributed by atoms with Gasteiger partial charge < -0.3 is 15.5 Å². The molecule has 0 saturated carbocycles. The molecule has 6 nitrogen and oxygen atoms in total. The van der Waals surface area contributed by atoms with Crippen LogP contribution in [0.1, 0.15) is 41.1 Å². The van der Waals surface area contributed by atoms with E-state index in [2.05, 4.69) is 26.7 Å². The van der Waals surface area contributed by atoms with Crippen LogP contribution in [0.4, 0.5) is 5.95 Å². The first-order chi connectivity index (χ1) is 12.8. The van der Waals surface area contributed by atoms with Gasteiger partial charge in [-0.05, 0) is 49.4 Å². The average Bonchev–Trinajstić information content (AvgIpc) is 3.24. The summed E-state index contributed by atoms with van der Waals surface area (Å²) in [5.74, 6) is 1.28. The minimum atomic E-state index is 0. The summed E-state index contributed by atoms with van der Waals surface area (Å²) in [5, 5.41) is 6.77. The Bertz CT molecular complexity index is 743. The van der Waals surface area contributed by atoms with E-state index in [4.69, 9.17) is 0 Å². The molecule has 2 aromatic rings. The fraction of sp³-hybridized carbons (Fsp3) is 0.450. The van der Waals surface area contributed by atoms with Crippen LogP contribution in [0, 0.1) is 0 Å². The molecule has 4 rings (SSSR count). The van der Waals surface area contributed by atoms with Crippen molar-refractivity contribution in [1.82, 2.24) is 20.2 Å². The minimum absolute atomic E-state index is 0. The molecule has 144 valence electrons. The van der Waals surface area contributed by atoms with Gasteiger partial charge in [0.25, 0.3) is 5.91 Å². The van der Waals surface area contributed by atoms with E-state index < -0.39 is 0 Å². The molecule has 2 N–H and O–H groups in total. The van der Waals surface area contributed by atoms with Crippen LogP contribution in [0.25, 0.3) is 0 Å². The van der Waals surface area contributed by atoms with E-state index in [1.807, 2.05) is 29.2 Å². The Morgan fingerprint density at radius 3 is 2.52 bits per heavy atom. The zero-order valence-electron chi connectivity index (χ0n) is 15.3. The number of hydrogen-bond acceptors (Lipinski definition) is 5. The lowest BCUT2D eigenvalue weighted by atomic mass is 9.92. The molecule has 1 amide bonds. The van der Waals surface area contributed by atoms with Crippen molar-refractivity contribution >= 4 is 24.3 Å². The summed E-state index contributed by atoms with van der Waals surface area (Å²) in [6.07, 6.45) is 6.41. The summed E-state index contributed by atoms with van der Waals surface area (Å²) in [6, 6.07) is 10.2. The van der Waals surface area contributed by atoms with Crippen LogP contribution in [0.2, 0.25) is 0 Å². The van der Waals surface area contributed by atoms with Gasteiger partial charge in [0.2, 0.25) is 5.95 Å². The molecule has 0 radical (unpaired) electrons. The number of likely N-dealkylation sites (tertiary alicyclic amines) is 1. The molecule has 27 heavy (non-hydrogen) atoms. The maximum Gasteiger partial charge on any atom is 0.254 e. The van der Waals surface area contributed by atoms with Crippen molar-refractivity contribution in [2.24, 2.45) is 0 Å². The summed E-state index contributed by atoms with van der Waals surface area (Å²) in [5.41, 5.74) is 2.07. The number of halogens is 1. The SMILES string of the molecule is Cl.O=C(c1ccccc1C1CCNC1)N1CCC(Nc2ncccn2)CC1. The second kappa shape index (κ2) is 9.15. The summed E-state index contributed by atoms with van der Waals surface area (Å²) in [6.45, 7) is 3.53. The highest BCUT2D eigenvalue weighted by Gasteiger charge is 2.27. The molecule has 1 aromatic carbocycles. The van der Waals surface area contributed by atoms with E-state index in [1.54, 1.807) is 12.4 Å². The highest BCUT2D eigenvalue weighted by molar-refractivity contribution is 5.96. The standard InChI is InChI=1S/C20H25N5O.ClH/c26-19(18-5-2-1-4-17(18)15-6-11-21-14-15)25-12-7-16(8-13-25)24-20-22-9-3-10-23-20;/h1-5,9-10,15-16,21H,6-8,11-14H2,(H,22,23,24);1H. The number of aromatic nitrogens is 2. The number of nitrogens with one attached hydrogen (secondary N) is 2. The third kappa shape index (κ3) is 4.57. The van der Waals surface area contributed by atoms with Gasteiger partial charge in [-0.3, -0.25) is 4.79 Å². The predicted molar refractivity (Wildman–Crippen MR) is 108 cm³/mol. The Balaban J connectivity index is 0.00000210. The molecular weight excluding hydrogens is 362 g/mol. The number of piperidine rings is 1. The van der Waals surface area contributed by atoms with Crippen molar-refractivity contribution in [1.29, 1.82) is 0 Å². The smallest absolute Gasteiger partial charge is 0.254 e. The van der Waals surface area contributed by atoms with Crippen LogP contribution >= 0.6 is 12.4 Å². The molecule has 0 spiro atoms. The zero-order valence-corrected chi connectivity index (χ0v) is 16.1. The minimum Gasteiger partial charge on any atom is -0.351 e. The molecular formula is C20H26ClN5O. The van der Waals surface area contributed by atoms with E-state index in [-0.39, 0.29) is 18.3 Å². The van der Waals surface area contributed by atoms with Crippen molar-refractivity contribution in [3.63, 3.8) is 0 Å². The first kappa shape index (κ1) is 19.6. The summed E-state index contributed by atoms with van der Waals surface area (Å²) < 4.78 is 0. The van der Waals surface area contributed by atoms with Gasteiger partial charge in [0.15, 0.2) is 0 Å². The van der Waals surface area contributed by atoms with Crippen LogP contribution in [0.3, 0.4) is 0 Å². The fourth-order valence-electron chi connectivity index (χ4n) is 3.92. The predicted octanol–water partition coefficient (Wildman–Crippen LogP) is 2.69. The van der Waals surface area contributed by atoms with Crippen LogP contribution in [0.5, 0.6) is 0 Å². The van der Waals surface area contributed by atoms with Crippen LogP contribution in [-0.2, 0) is 0 Å². The molecule has 2 aliphatic heterocycles. The third-order valence-corrected chi connectivity index (χ3v) is 5.37. The lowest BCUT2D eigenvalue weighted by Gasteiger charge is -2.33. The highest BCUT2D eigenvalue weighted by atomic mass is 35.5. The van der Waals surface area contributed by atoms with Gasteiger partial charge in [-0.2, -0.15) is 0 Å². The molecule has 2 fully saturated rings. The molecule has 0 bridgehead atoms. The van der Waals surface area contributed by atoms with Crippen molar-refractivity contribution in [3.05, 3.63) is 53.9 Å². The van der Waals surface area contributed by atoms with Crippen LogP contribution in [0.15, 0.2) is 42.7 Å². The Morgan fingerprint density at radius 1 is 1.07 bits per heavy atom. The van der Waals surface area contributed by atoms with E-state index >= 15 is 0 Å². The van der Waals surface area contributed by atoms with Crippen molar-refractivity contribution in [2.75, 3.05) is 31.5 Å².